The molecule has 0 bridgehead atoms. The molecule has 1 N–H and O–H groups in total. The molecule has 0 saturated carbocycles. The molecule has 24 heavy (non-hydrogen) atoms. The van der Waals surface area contributed by atoms with Gasteiger partial charge in [0.25, 0.3) is 5.91 Å². The molecule has 1 aliphatic rings. The van der Waals surface area contributed by atoms with Crippen molar-refractivity contribution in [2.45, 2.75) is 25.3 Å². The predicted molar refractivity (Wildman–Crippen MR) is 96.3 cm³/mol. The summed E-state index contributed by atoms with van der Waals surface area (Å²) in [6.45, 7) is 0. The number of fused-ring (bicyclic) bond motifs is 2. The number of benzene rings is 2. The maximum atomic E-state index is 12.7. The van der Waals surface area contributed by atoms with Gasteiger partial charge in [0.2, 0.25) is 0 Å². The van der Waals surface area contributed by atoms with Gasteiger partial charge in [-0.25, -0.2) is 4.98 Å². The molecule has 3 nitrogen and oxygen atoms in total. The molecule has 1 heterocycles. The Morgan fingerprint density at radius 2 is 2.00 bits per heavy atom. The average Bonchev–Trinajstić information content (AvgIpc) is 2.61. The first-order valence-corrected chi connectivity index (χ1v) is 8.53. The van der Waals surface area contributed by atoms with Crippen molar-refractivity contribution >= 4 is 28.4 Å². The van der Waals surface area contributed by atoms with Crippen molar-refractivity contribution in [3.8, 4) is 0 Å². The van der Waals surface area contributed by atoms with E-state index in [1.54, 1.807) is 12.1 Å². The van der Waals surface area contributed by atoms with Crippen LogP contribution in [-0.2, 0) is 6.42 Å². The van der Waals surface area contributed by atoms with Crippen LogP contribution in [0.1, 0.15) is 40.4 Å². The Bertz CT molecular complexity index is 922. The fraction of sp³-hybridized carbons (Fsp3) is 0.200. The number of amides is 1. The normalized spacial score (nSPS) is 16.6. The summed E-state index contributed by atoms with van der Waals surface area (Å²) in [6, 6.07) is 17.6. The molecule has 1 amide bonds. The standard InChI is InChI=1S/C20H17ClN2O/c21-19-11-9-14-12-15(8-10-17(14)22-19)20(24)23-18-7-3-5-13-4-1-2-6-16(13)18/h1-2,4,6,8-12,18H,3,5,7H2,(H,23,24). The molecule has 0 saturated heterocycles. The highest BCUT2D eigenvalue weighted by atomic mass is 35.5. The van der Waals surface area contributed by atoms with Gasteiger partial charge >= 0.3 is 0 Å². The van der Waals surface area contributed by atoms with Crippen LogP contribution in [0, 0.1) is 0 Å². The second kappa shape index (κ2) is 6.25. The van der Waals surface area contributed by atoms with Crippen molar-refractivity contribution in [1.82, 2.24) is 10.3 Å². The summed E-state index contributed by atoms with van der Waals surface area (Å²) >= 11 is 5.91. The molecular weight excluding hydrogens is 320 g/mol. The van der Waals surface area contributed by atoms with E-state index >= 15 is 0 Å². The number of carbonyl (C=O) groups is 1. The quantitative estimate of drug-likeness (QED) is 0.689. The predicted octanol–water partition coefficient (Wildman–Crippen LogP) is 4.70. The average molecular weight is 337 g/mol. The highest BCUT2D eigenvalue weighted by Gasteiger charge is 2.21. The van der Waals surface area contributed by atoms with E-state index in [4.69, 9.17) is 11.6 Å². The number of hydrogen-bond acceptors (Lipinski definition) is 2. The summed E-state index contributed by atoms with van der Waals surface area (Å²) in [5, 5.41) is 4.55. The number of nitrogens with zero attached hydrogens (tertiary/aromatic N) is 1. The molecule has 1 unspecified atom stereocenters. The van der Waals surface area contributed by atoms with Gasteiger partial charge in [-0.1, -0.05) is 35.9 Å². The van der Waals surface area contributed by atoms with Gasteiger partial charge in [-0.05, 0) is 60.7 Å². The maximum absolute atomic E-state index is 12.7. The van der Waals surface area contributed by atoms with Crippen molar-refractivity contribution in [2.24, 2.45) is 0 Å². The Hall–Kier alpha value is -2.39. The molecule has 120 valence electrons. The number of nitrogens with one attached hydrogen (secondary N) is 1. The third kappa shape index (κ3) is 2.87. The van der Waals surface area contributed by atoms with Gasteiger partial charge in [-0.15, -0.1) is 0 Å². The summed E-state index contributed by atoms with van der Waals surface area (Å²) in [4.78, 5) is 16.9. The Labute approximate surface area is 145 Å². The van der Waals surface area contributed by atoms with E-state index in [2.05, 4.69) is 28.5 Å². The molecule has 0 radical (unpaired) electrons. The molecule has 2 aromatic carbocycles. The summed E-state index contributed by atoms with van der Waals surface area (Å²) < 4.78 is 0. The lowest BCUT2D eigenvalue weighted by Gasteiger charge is -2.26. The van der Waals surface area contributed by atoms with Crippen molar-refractivity contribution in [1.29, 1.82) is 0 Å². The van der Waals surface area contributed by atoms with E-state index in [0.717, 1.165) is 30.2 Å². The largest absolute Gasteiger partial charge is 0.345 e. The summed E-state index contributed by atoms with van der Waals surface area (Å²) in [5.74, 6) is -0.0476. The van der Waals surface area contributed by atoms with Crippen LogP contribution in [-0.4, -0.2) is 10.9 Å². The Morgan fingerprint density at radius 1 is 1.12 bits per heavy atom. The van der Waals surface area contributed by atoms with E-state index in [1.807, 2.05) is 24.3 Å². The molecule has 0 spiro atoms. The van der Waals surface area contributed by atoms with E-state index < -0.39 is 0 Å². The van der Waals surface area contributed by atoms with Crippen LogP contribution in [0.3, 0.4) is 0 Å². The Balaban J connectivity index is 1.60. The molecule has 4 heteroatoms. The van der Waals surface area contributed by atoms with Gasteiger partial charge in [0, 0.05) is 10.9 Å². The van der Waals surface area contributed by atoms with Crippen LogP contribution in [0.2, 0.25) is 5.15 Å². The molecule has 1 aromatic heterocycles. The Kier molecular flexibility index (Phi) is 3.95. The number of aryl methyl sites for hydroxylation is 1. The lowest BCUT2D eigenvalue weighted by Crippen LogP contribution is -2.30. The van der Waals surface area contributed by atoms with E-state index in [-0.39, 0.29) is 11.9 Å². The molecule has 1 aliphatic carbocycles. The van der Waals surface area contributed by atoms with Gasteiger partial charge < -0.3 is 5.32 Å². The van der Waals surface area contributed by atoms with Crippen molar-refractivity contribution < 1.29 is 4.79 Å². The zero-order chi connectivity index (χ0) is 16.5. The van der Waals surface area contributed by atoms with Crippen LogP contribution < -0.4 is 5.32 Å². The van der Waals surface area contributed by atoms with Crippen molar-refractivity contribution in [3.63, 3.8) is 0 Å². The minimum atomic E-state index is -0.0476. The first kappa shape index (κ1) is 15.2. The maximum Gasteiger partial charge on any atom is 0.251 e. The van der Waals surface area contributed by atoms with Gasteiger partial charge in [0.1, 0.15) is 5.15 Å². The zero-order valence-electron chi connectivity index (χ0n) is 13.1. The fourth-order valence-corrected chi connectivity index (χ4v) is 3.54. The number of rotatable bonds is 2. The molecular formula is C20H17ClN2O. The van der Waals surface area contributed by atoms with Crippen LogP contribution in [0.5, 0.6) is 0 Å². The molecule has 0 aliphatic heterocycles. The monoisotopic (exact) mass is 336 g/mol. The highest BCUT2D eigenvalue weighted by Crippen LogP contribution is 2.29. The Morgan fingerprint density at radius 3 is 2.92 bits per heavy atom. The second-order valence-corrected chi connectivity index (χ2v) is 6.55. The number of halogens is 1. The molecule has 4 rings (SSSR count). The SMILES string of the molecule is O=C(NC1CCCc2ccccc21)c1ccc2nc(Cl)ccc2c1. The fourth-order valence-electron chi connectivity index (χ4n) is 3.39. The number of hydrogen-bond donors (Lipinski definition) is 1. The molecule has 0 fully saturated rings. The minimum absolute atomic E-state index is 0.0476. The minimum Gasteiger partial charge on any atom is -0.345 e. The lowest BCUT2D eigenvalue weighted by atomic mass is 9.87. The van der Waals surface area contributed by atoms with Crippen LogP contribution in [0.15, 0.2) is 54.6 Å². The zero-order valence-corrected chi connectivity index (χ0v) is 13.9. The van der Waals surface area contributed by atoms with Crippen LogP contribution in [0.4, 0.5) is 0 Å². The molecule has 1 atom stereocenters. The first-order chi connectivity index (χ1) is 11.7. The van der Waals surface area contributed by atoms with Gasteiger partial charge in [-0.3, -0.25) is 4.79 Å². The van der Waals surface area contributed by atoms with Crippen LogP contribution in [0.25, 0.3) is 10.9 Å². The summed E-state index contributed by atoms with van der Waals surface area (Å²) in [5.41, 5.74) is 4.02. The second-order valence-electron chi connectivity index (χ2n) is 6.16. The number of pyridine rings is 1. The third-order valence-corrected chi connectivity index (χ3v) is 4.80. The third-order valence-electron chi connectivity index (χ3n) is 4.59. The smallest absolute Gasteiger partial charge is 0.251 e. The topological polar surface area (TPSA) is 42.0 Å². The van der Waals surface area contributed by atoms with Crippen molar-refractivity contribution in [2.75, 3.05) is 0 Å². The van der Waals surface area contributed by atoms with Gasteiger partial charge in [-0.2, -0.15) is 0 Å². The lowest BCUT2D eigenvalue weighted by molar-refractivity contribution is 0.0933. The van der Waals surface area contributed by atoms with Gasteiger partial charge in [0.05, 0.1) is 11.6 Å². The van der Waals surface area contributed by atoms with E-state index in [0.29, 0.717) is 10.7 Å². The van der Waals surface area contributed by atoms with Gasteiger partial charge in [0.15, 0.2) is 0 Å². The molecule has 3 aromatic rings. The van der Waals surface area contributed by atoms with Crippen LogP contribution >= 0.6 is 11.6 Å². The van der Waals surface area contributed by atoms with Crippen molar-refractivity contribution in [3.05, 3.63) is 76.4 Å². The number of aromatic nitrogens is 1. The first-order valence-electron chi connectivity index (χ1n) is 8.16. The van der Waals surface area contributed by atoms with E-state index in [9.17, 15) is 4.79 Å². The summed E-state index contributed by atoms with van der Waals surface area (Å²) in [6.07, 6.45) is 3.17. The number of carbonyl (C=O) groups excluding carboxylic acids is 1. The van der Waals surface area contributed by atoms with E-state index in [1.165, 1.54) is 11.1 Å². The summed E-state index contributed by atoms with van der Waals surface area (Å²) in [7, 11) is 0. The highest BCUT2D eigenvalue weighted by molar-refractivity contribution is 6.29.